The number of anilines is 1. The molecular formula is C9H10Br2N2O. The van der Waals surface area contributed by atoms with Crippen LogP contribution in [0.15, 0.2) is 30.5 Å². The van der Waals surface area contributed by atoms with Gasteiger partial charge in [0.2, 0.25) is 0 Å². The molecule has 0 aliphatic rings. The van der Waals surface area contributed by atoms with Crippen molar-refractivity contribution in [2.24, 2.45) is 0 Å². The van der Waals surface area contributed by atoms with Gasteiger partial charge in [0.05, 0.1) is 0 Å². The summed E-state index contributed by atoms with van der Waals surface area (Å²) in [6, 6.07) is 6.83. The summed E-state index contributed by atoms with van der Waals surface area (Å²) >= 11 is 0. The molecule has 14 heavy (non-hydrogen) atoms. The van der Waals surface area contributed by atoms with E-state index in [0.29, 0.717) is 11.2 Å². The van der Waals surface area contributed by atoms with Gasteiger partial charge in [0.25, 0.3) is 0 Å². The summed E-state index contributed by atoms with van der Waals surface area (Å²) in [5.41, 5.74) is 6.86. The topological polar surface area (TPSA) is 59.1 Å². The largest absolute Gasteiger partial charge is 0.506 e. The number of benzene rings is 1. The Balaban J connectivity index is 0.000000845. The number of nitrogens with two attached hydrogens (primary N) is 1. The molecule has 0 bridgehead atoms. The van der Waals surface area contributed by atoms with E-state index in [1.807, 2.05) is 6.07 Å². The van der Waals surface area contributed by atoms with Crippen LogP contribution in [-0.4, -0.2) is 10.1 Å². The number of rotatable bonds is 0. The fourth-order valence-corrected chi connectivity index (χ4v) is 1.18. The molecule has 0 amide bonds. The molecule has 1 heterocycles. The van der Waals surface area contributed by atoms with Crippen LogP contribution in [0.5, 0.6) is 5.75 Å². The number of fused-ring (bicyclic) bond motifs is 1. The lowest BCUT2D eigenvalue weighted by molar-refractivity contribution is 0.480. The van der Waals surface area contributed by atoms with E-state index in [4.69, 9.17) is 5.73 Å². The molecule has 2 aromatic rings. The zero-order valence-corrected chi connectivity index (χ0v) is 10.6. The van der Waals surface area contributed by atoms with Crippen LogP contribution < -0.4 is 5.73 Å². The Labute approximate surface area is 102 Å². The number of hydrogen-bond donors (Lipinski definition) is 2. The molecule has 0 saturated heterocycles. The van der Waals surface area contributed by atoms with E-state index in [-0.39, 0.29) is 39.7 Å². The van der Waals surface area contributed by atoms with Gasteiger partial charge in [-0.2, -0.15) is 0 Å². The number of nitrogens with zero attached hydrogens (tertiary/aromatic N) is 1. The van der Waals surface area contributed by atoms with Crippen molar-refractivity contribution in [1.82, 2.24) is 4.98 Å². The molecule has 0 aliphatic carbocycles. The molecular weight excluding hydrogens is 312 g/mol. The molecule has 0 fully saturated rings. The minimum atomic E-state index is 0. The number of halogens is 2. The minimum absolute atomic E-state index is 0. The SMILES string of the molecule is Br.Br.Nc1ccc(O)c2ncccc12. The van der Waals surface area contributed by atoms with Gasteiger partial charge in [-0.3, -0.25) is 4.98 Å². The van der Waals surface area contributed by atoms with Crippen molar-refractivity contribution in [3.05, 3.63) is 30.5 Å². The molecule has 3 N–H and O–H groups in total. The summed E-state index contributed by atoms with van der Waals surface area (Å²) < 4.78 is 0. The molecule has 1 aromatic carbocycles. The highest BCUT2D eigenvalue weighted by Gasteiger charge is 2.01. The van der Waals surface area contributed by atoms with Gasteiger partial charge in [0, 0.05) is 17.3 Å². The van der Waals surface area contributed by atoms with Gasteiger partial charge in [-0.25, -0.2) is 0 Å². The van der Waals surface area contributed by atoms with E-state index in [9.17, 15) is 5.11 Å². The second-order valence-electron chi connectivity index (χ2n) is 2.57. The van der Waals surface area contributed by atoms with Crippen molar-refractivity contribution in [3.63, 3.8) is 0 Å². The second-order valence-corrected chi connectivity index (χ2v) is 2.57. The van der Waals surface area contributed by atoms with Gasteiger partial charge in [0.15, 0.2) is 0 Å². The Hall–Kier alpha value is -0.810. The zero-order chi connectivity index (χ0) is 8.55. The lowest BCUT2D eigenvalue weighted by Gasteiger charge is -2.01. The second kappa shape index (κ2) is 5.17. The van der Waals surface area contributed by atoms with E-state index in [0.717, 1.165) is 5.39 Å². The zero-order valence-electron chi connectivity index (χ0n) is 7.18. The lowest BCUT2D eigenvalue weighted by atomic mass is 10.2. The fraction of sp³-hybridized carbons (Fsp3) is 0. The van der Waals surface area contributed by atoms with Gasteiger partial charge in [-0.1, -0.05) is 0 Å². The third-order valence-electron chi connectivity index (χ3n) is 1.78. The van der Waals surface area contributed by atoms with E-state index in [1.165, 1.54) is 0 Å². The van der Waals surface area contributed by atoms with Crippen LogP contribution in [0, 0.1) is 0 Å². The number of pyridine rings is 1. The van der Waals surface area contributed by atoms with Crippen LogP contribution in [-0.2, 0) is 0 Å². The van der Waals surface area contributed by atoms with Crippen LogP contribution in [0.3, 0.4) is 0 Å². The van der Waals surface area contributed by atoms with Gasteiger partial charge in [0.1, 0.15) is 11.3 Å². The van der Waals surface area contributed by atoms with Crippen molar-refractivity contribution in [2.75, 3.05) is 5.73 Å². The van der Waals surface area contributed by atoms with Gasteiger partial charge in [-0.05, 0) is 24.3 Å². The molecule has 5 heteroatoms. The number of nitrogen functional groups attached to an aromatic ring is 1. The Bertz CT molecular complexity index is 394. The summed E-state index contributed by atoms with van der Waals surface area (Å²) in [6.45, 7) is 0. The van der Waals surface area contributed by atoms with E-state index in [1.54, 1.807) is 24.4 Å². The quantitative estimate of drug-likeness (QED) is 0.579. The minimum Gasteiger partial charge on any atom is -0.506 e. The van der Waals surface area contributed by atoms with Crippen molar-refractivity contribution >= 4 is 50.6 Å². The summed E-state index contributed by atoms with van der Waals surface area (Å²) in [6.07, 6.45) is 1.63. The normalized spacial score (nSPS) is 8.86. The van der Waals surface area contributed by atoms with Gasteiger partial charge in [-0.15, -0.1) is 34.0 Å². The molecule has 0 aliphatic heterocycles. The van der Waals surface area contributed by atoms with Gasteiger partial charge < -0.3 is 10.8 Å². The van der Waals surface area contributed by atoms with E-state index in [2.05, 4.69) is 4.98 Å². The Morgan fingerprint density at radius 3 is 2.50 bits per heavy atom. The highest BCUT2D eigenvalue weighted by Crippen LogP contribution is 2.26. The molecule has 0 unspecified atom stereocenters. The highest BCUT2D eigenvalue weighted by molar-refractivity contribution is 8.93. The standard InChI is InChI=1S/C9H8N2O.2BrH/c10-7-3-4-8(12)9-6(7)2-1-5-11-9;;/h1-5,12H,10H2;2*1H. The van der Waals surface area contributed by atoms with E-state index < -0.39 is 0 Å². The van der Waals surface area contributed by atoms with Crippen molar-refractivity contribution < 1.29 is 5.11 Å². The average Bonchev–Trinajstić information content (AvgIpc) is 2.12. The number of aromatic nitrogens is 1. The Morgan fingerprint density at radius 2 is 1.86 bits per heavy atom. The molecule has 0 spiro atoms. The molecule has 0 radical (unpaired) electrons. The first-order valence-electron chi connectivity index (χ1n) is 3.61. The molecule has 76 valence electrons. The molecule has 1 aromatic heterocycles. The van der Waals surface area contributed by atoms with E-state index >= 15 is 0 Å². The predicted molar refractivity (Wildman–Crippen MR) is 68.5 cm³/mol. The number of phenols is 1. The fourth-order valence-electron chi connectivity index (χ4n) is 1.18. The first kappa shape index (κ1) is 13.2. The maximum atomic E-state index is 9.38. The maximum absolute atomic E-state index is 9.38. The van der Waals surface area contributed by atoms with Crippen molar-refractivity contribution in [1.29, 1.82) is 0 Å². The first-order valence-corrected chi connectivity index (χ1v) is 3.61. The number of aromatic hydroxyl groups is 1. The van der Waals surface area contributed by atoms with Crippen LogP contribution in [0.2, 0.25) is 0 Å². The Morgan fingerprint density at radius 1 is 1.14 bits per heavy atom. The van der Waals surface area contributed by atoms with Crippen LogP contribution in [0.4, 0.5) is 5.69 Å². The summed E-state index contributed by atoms with van der Waals surface area (Å²) in [4.78, 5) is 4.01. The predicted octanol–water partition coefficient (Wildman–Crippen LogP) is 2.68. The Kier molecular flexibility index (Phi) is 4.87. The van der Waals surface area contributed by atoms with Crippen molar-refractivity contribution in [3.8, 4) is 5.75 Å². The van der Waals surface area contributed by atoms with Crippen LogP contribution in [0.25, 0.3) is 10.9 Å². The maximum Gasteiger partial charge on any atom is 0.141 e. The molecule has 0 saturated carbocycles. The average molecular weight is 322 g/mol. The summed E-state index contributed by atoms with van der Waals surface area (Å²) in [5.74, 6) is 0.166. The summed E-state index contributed by atoms with van der Waals surface area (Å²) in [7, 11) is 0. The first-order chi connectivity index (χ1) is 5.79. The molecule has 0 atom stereocenters. The lowest BCUT2D eigenvalue weighted by Crippen LogP contribution is -1.87. The van der Waals surface area contributed by atoms with Crippen molar-refractivity contribution in [2.45, 2.75) is 0 Å². The third-order valence-corrected chi connectivity index (χ3v) is 1.78. The monoisotopic (exact) mass is 320 g/mol. The number of phenolic OH excluding ortho intramolecular Hbond substituents is 1. The smallest absolute Gasteiger partial charge is 0.141 e. The van der Waals surface area contributed by atoms with Crippen LogP contribution in [0.1, 0.15) is 0 Å². The summed E-state index contributed by atoms with van der Waals surface area (Å²) in [5, 5.41) is 10.2. The van der Waals surface area contributed by atoms with Crippen LogP contribution >= 0.6 is 34.0 Å². The number of hydrogen-bond acceptors (Lipinski definition) is 3. The molecule has 2 rings (SSSR count). The third kappa shape index (κ3) is 2.16. The molecule has 3 nitrogen and oxygen atoms in total. The van der Waals surface area contributed by atoms with Gasteiger partial charge >= 0.3 is 0 Å². The highest BCUT2D eigenvalue weighted by atomic mass is 79.9.